The highest BCUT2D eigenvalue weighted by atomic mass is 127. The molecule has 0 aliphatic carbocycles. The van der Waals surface area contributed by atoms with Crippen LogP contribution in [-0.2, 0) is 6.42 Å². The molecule has 2 rings (SSSR count). The normalized spacial score (nSPS) is 10.9. The van der Waals surface area contributed by atoms with Gasteiger partial charge in [0.05, 0.1) is 0 Å². The van der Waals surface area contributed by atoms with Gasteiger partial charge in [-0.25, -0.2) is 0 Å². The molecule has 0 bridgehead atoms. The highest BCUT2D eigenvalue weighted by Crippen LogP contribution is 2.18. The van der Waals surface area contributed by atoms with Crippen molar-refractivity contribution in [2.24, 2.45) is 4.99 Å². The number of hydrogen-bond acceptors (Lipinski definition) is 2. The van der Waals surface area contributed by atoms with E-state index < -0.39 is 0 Å². The lowest BCUT2D eigenvalue weighted by molar-refractivity contribution is 0.545. The highest BCUT2D eigenvalue weighted by Gasteiger charge is 2.03. The second-order valence-corrected chi connectivity index (χ2v) is 4.17. The Hall–Kier alpha value is -1.50. The number of rotatable bonds is 5. The lowest BCUT2D eigenvalue weighted by Crippen LogP contribution is -2.38. The first-order chi connectivity index (χ1) is 9.33. The molecule has 0 aliphatic heterocycles. The zero-order valence-electron chi connectivity index (χ0n) is 11.6. The first-order valence-electron chi connectivity index (χ1n) is 6.36. The van der Waals surface area contributed by atoms with Crippen LogP contribution in [0.1, 0.15) is 5.76 Å². The minimum atomic E-state index is 0. The van der Waals surface area contributed by atoms with Gasteiger partial charge in [0.15, 0.2) is 5.96 Å². The molecule has 0 atom stereocenters. The van der Waals surface area contributed by atoms with Crippen molar-refractivity contribution in [2.45, 2.75) is 6.42 Å². The summed E-state index contributed by atoms with van der Waals surface area (Å²) in [5.41, 5.74) is 0.937. The largest absolute Gasteiger partial charge is 0.461 e. The second kappa shape index (κ2) is 8.63. The molecule has 1 aromatic heterocycles. The SMILES string of the molecule is C=CCNC(=NC)NCCc1cc2ccccc2o1.I. The standard InChI is InChI=1S/C15H19N3O.HI/c1-3-9-17-15(16-2)18-10-8-13-11-12-6-4-5-7-14(12)19-13;/h3-7,11H,1,8-10H2,2H3,(H2,16,17,18);1H. The molecule has 0 unspecified atom stereocenters. The molecule has 0 aliphatic rings. The van der Waals surface area contributed by atoms with Gasteiger partial charge in [-0.1, -0.05) is 24.3 Å². The summed E-state index contributed by atoms with van der Waals surface area (Å²) < 4.78 is 5.75. The summed E-state index contributed by atoms with van der Waals surface area (Å²) in [7, 11) is 1.75. The lowest BCUT2D eigenvalue weighted by Gasteiger charge is -2.09. The van der Waals surface area contributed by atoms with Gasteiger partial charge in [-0.2, -0.15) is 0 Å². The van der Waals surface area contributed by atoms with Crippen molar-refractivity contribution in [1.82, 2.24) is 10.6 Å². The molecule has 0 fully saturated rings. The minimum absolute atomic E-state index is 0. The predicted octanol–water partition coefficient (Wildman–Crippen LogP) is 2.94. The van der Waals surface area contributed by atoms with Gasteiger partial charge in [-0.15, -0.1) is 30.6 Å². The summed E-state index contributed by atoms with van der Waals surface area (Å²) in [6.07, 6.45) is 2.62. The third kappa shape index (κ3) is 4.56. The van der Waals surface area contributed by atoms with Crippen molar-refractivity contribution >= 4 is 40.9 Å². The van der Waals surface area contributed by atoms with Crippen molar-refractivity contribution < 1.29 is 4.42 Å². The summed E-state index contributed by atoms with van der Waals surface area (Å²) in [6, 6.07) is 10.1. The fourth-order valence-electron chi connectivity index (χ4n) is 1.85. The predicted molar refractivity (Wildman–Crippen MR) is 94.9 cm³/mol. The van der Waals surface area contributed by atoms with E-state index >= 15 is 0 Å². The molecule has 0 amide bonds. The lowest BCUT2D eigenvalue weighted by atomic mass is 10.2. The van der Waals surface area contributed by atoms with Crippen molar-refractivity contribution in [3.8, 4) is 0 Å². The van der Waals surface area contributed by atoms with Crippen molar-refractivity contribution in [1.29, 1.82) is 0 Å². The Morgan fingerprint density at radius 1 is 1.35 bits per heavy atom. The zero-order valence-corrected chi connectivity index (χ0v) is 13.9. The highest BCUT2D eigenvalue weighted by molar-refractivity contribution is 14.0. The summed E-state index contributed by atoms with van der Waals surface area (Å²) in [4.78, 5) is 4.12. The number of halogens is 1. The number of para-hydroxylation sites is 1. The molecular weight excluding hydrogens is 365 g/mol. The number of furan rings is 1. The maximum Gasteiger partial charge on any atom is 0.191 e. The van der Waals surface area contributed by atoms with Crippen LogP contribution >= 0.6 is 24.0 Å². The topological polar surface area (TPSA) is 49.6 Å². The van der Waals surface area contributed by atoms with Crippen LogP contribution in [0.2, 0.25) is 0 Å². The Morgan fingerprint density at radius 3 is 2.85 bits per heavy atom. The fraction of sp³-hybridized carbons (Fsp3) is 0.267. The molecule has 5 heteroatoms. The molecule has 0 saturated carbocycles. The molecule has 4 nitrogen and oxygen atoms in total. The molecule has 2 N–H and O–H groups in total. The first-order valence-corrected chi connectivity index (χ1v) is 6.36. The number of hydrogen-bond donors (Lipinski definition) is 2. The molecule has 0 radical (unpaired) electrons. The molecular formula is C15H20IN3O. The summed E-state index contributed by atoms with van der Waals surface area (Å²) in [5.74, 6) is 1.75. The van der Waals surface area contributed by atoms with Crippen LogP contribution in [0.4, 0.5) is 0 Å². The van der Waals surface area contributed by atoms with Crippen LogP contribution in [-0.4, -0.2) is 26.1 Å². The summed E-state index contributed by atoms with van der Waals surface area (Å²) >= 11 is 0. The number of guanidine groups is 1. The fourth-order valence-corrected chi connectivity index (χ4v) is 1.85. The average molecular weight is 385 g/mol. The van der Waals surface area contributed by atoms with Crippen LogP contribution in [0, 0.1) is 0 Å². The monoisotopic (exact) mass is 385 g/mol. The zero-order chi connectivity index (χ0) is 13.5. The van der Waals surface area contributed by atoms with E-state index in [0.717, 1.165) is 35.7 Å². The molecule has 1 aromatic carbocycles. The Bertz CT molecular complexity index is 544. The summed E-state index contributed by atoms with van der Waals surface area (Å²) in [5, 5.41) is 7.50. The van der Waals surface area contributed by atoms with E-state index in [-0.39, 0.29) is 24.0 Å². The van der Waals surface area contributed by atoms with Crippen molar-refractivity contribution in [2.75, 3.05) is 20.1 Å². The van der Waals surface area contributed by atoms with E-state index in [1.807, 2.05) is 18.2 Å². The summed E-state index contributed by atoms with van der Waals surface area (Å²) in [6.45, 7) is 5.13. The van der Waals surface area contributed by atoms with Gasteiger partial charge in [0.25, 0.3) is 0 Å². The average Bonchev–Trinajstić information content (AvgIpc) is 2.85. The number of benzene rings is 1. The van der Waals surface area contributed by atoms with Crippen LogP contribution in [0.3, 0.4) is 0 Å². The van der Waals surface area contributed by atoms with E-state index in [0.29, 0.717) is 6.54 Å². The minimum Gasteiger partial charge on any atom is -0.461 e. The molecule has 108 valence electrons. The van der Waals surface area contributed by atoms with E-state index in [1.54, 1.807) is 13.1 Å². The Morgan fingerprint density at radius 2 is 2.15 bits per heavy atom. The van der Waals surface area contributed by atoms with Gasteiger partial charge in [0.2, 0.25) is 0 Å². The van der Waals surface area contributed by atoms with Gasteiger partial charge in [0.1, 0.15) is 11.3 Å². The molecule has 20 heavy (non-hydrogen) atoms. The van der Waals surface area contributed by atoms with Crippen LogP contribution < -0.4 is 10.6 Å². The molecule has 1 heterocycles. The van der Waals surface area contributed by atoms with E-state index in [1.165, 1.54) is 0 Å². The maximum absolute atomic E-state index is 5.75. The number of nitrogens with one attached hydrogen (secondary N) is 2. The van der Waals surface area contributed by atoms with Crippen LogP contribution in [0.5, 0.6) is 0 Å². The van der Waals surface area contributed by atoms with E-state index in [4.69, 9.17) is 4.42 Å². The third-order valence-electron chi connectivity index (χ3n) is 2.78. The molecule has 0 saturated heterocycles. The number of nitrogens with zero attached hydrogens (tertiary/aromatic N) is 1. The van der Waals surface area contributed by atoms with Crippen LogP contribution in [0.15, 0.2) is 52.4 Å². The second-order valence-electron chi connectivity index (χ2n) is 4.17. The van der Waals surface area contributed by atoms with Gasteiger partial charge >= 0.3 is 0 Å². The number of aliphatic imine (C=N–C) groups is 1. The quantitative estimate of drug-likeness (QED) is 0.360. The van der Waals surface area contributed by atoms with Gasteiger partial charge in [-0.05, 0) is 12.1 Å². The Labute approximate surface area is 136 Å². The van der Waals surface area contributed by atoms with Crippen LogP contribution in [0.25, 0.3) is 11.0 Å². The van der Waals surface area contributed by atoms with Crippen molar-refractivity contribution in [3.63, 3.8) is 0 Å². The van der Waals surface area contributed by atoms with E-state index in [9.17, 15) is 0 Å². The smallest absolute Gasteiger partial charge is 0.191 e. The van der Waals surface area contributed by atoms with E-state index in [2.05, 4.69) is 34.3 Å². The Balaban J connectivity index is 0.00000200. The van der Waals surface area contributed by atoms with Gasteiger partial charge < -0.3 is 15.1 Å². The first kappa shape index (κ1) is 16.6. The molecule has 0 spiro atoms. The van der Waals surface area contributed by atoms with Gasteiger partial charge in [-0.3, -0.25) is 4.99 Å². The number of fused-ring (bicyclic) bond motifs is 1. The third-order valence-corrected chi connectivity index (χ3v) is 2.78. The Kier molecular flexibility index (Phi) is 7.14. The van der Waals surface area contributed by atoms with Crippen molar-refractivity contribution in [3.05, 3.63) is 48.7 Å². The molecule has 2 aromatic rings. The van der Waals surface area contributed by atoms with Gasteiger partial charge in [0, 0.05) is 31.9 Å². The maximum atomic E-state index is 5.75.